The van der Waals surface area contributed by atoms with Crippen LogP contribution in [0, 0.1) is 13.8 Å². The molecule has 0 fully saturated rings. The predicted molar refractivity (Wildman–Crippen MR) is 106 cm³/mol. The van der Waals surface area contributed by atoms with Crippen LogP contribution in [0.15, 0.2) is 52.5 Å². The Hall–Kier alpha value is -2.76. The molecular formula is C17H18N6O3S2. The lowest BCUT2D eigenvalue weighted by Gasteiger charge is -2.08. The molecule has 0 aliphatic carbocycles. The summed E-state index contributed by atoms with van der Waals surface area (Å²) in [6.45, 7) is 4.03. The molecule has 3 aromatic rings. The molecular weight excluding hydrogens is 400 g/mol. The summed E-state index contributed by atoms with van der Waals surface area (Å²) in [4.78, 5) is 12.2. The minimum absolute atomic E-state index is 0.0209. The number of tetrazole rings is 1. The van der Waals surface area contributed by atoms with Crippen LogP contribution in [-0.2, 0) is 14.8 Å². The number of primary sulfonamides is 1. The van der Waals surface area contributed by atoms with E-state index in [2.05, 4.69) is 20.8 Å². The van der Waals surface area contributed by atoms with Crippen LogP contribution in [0.5, 0.6) is 0 Å². The van der Waals surface area contributed by atoms with Gasteiger partial charge in [0.25, 0.3) is 0 Å². The Balaban J connectivity index is 1.64. The Kier molecular flexibility index (Phi) is 5.77. The van der Waals surface area contributed by atoms with Crippen LogP contribution in [0.1, 0.15) is 11.1 Å². The zero-order chi connectivity index (χ0) is 20.3. The first-order valence-electron chi connectivity index (χ1n) is 8.15. The smallest absolute Gasteiger partial charge is 0.238 e. The van der Waals surface area contributed by atoms with Gasteiger partial charge in [-0.3, -0.25) is 4.79 Å². The molecule has 3 N–H and O–H groups in total. The fourth-order valence-electron chi connectivity index (χ4n) is 2.34. The van der Waals surface area contributed by atoms with Crippen LogP contribution >= 0.6 is 11.8 Å². The number of sulfonamides is 1. The number of carbonyl (C=O) groups is 1. The molecule has 11 heteroatoms. The van der Waals surface area contributed by atoms with Crippen molar-refractivity contribution in [3.63, 3.8) is 0 Å². The molecule has 0 aliphatic rings. The van der Waals surface area contributed by atoms with Crippen LogP contribution in [-0.4, -0.2) is 40.3 Å². The highest BCUT2D eigenvalue weighted by molar-refractivity contribution is 7.99. The number of hydrogen-bond acceptors (Lipinski definition) is 7. The van der Waals surface area contributed by atoms with Crippen molar-refractivity contribution >= 4 is 33.4 Å². The van der Waals surface area contributed by atoms with E-state index < -0.39 is 10.0 Å². The molecule has 0 spiro atoms. The summed E-state index contributed by atoms with van der Waals surface area (Å²) < 4.78 is 24.1. The molecule has 0 aliphatic heterocycles. The maximum Gasteiger partial charge on any atom is 0.238 e. The van der Waals surface area contributed by atoms with Gasteiger partial charge >= 0.3 is 0 Å². The molecule has 0 bridgehead atoms. The predicted octanol–water partition coefficient (Wildman–Crippen LogP) is 1.66. The van der Waals surface area contributed by atoms with Gasteiger partial charge in [-0.2, -0.15) is 4.68 Å². The third-order valence-corrected chi connectivity index (χ3v) is 5.82. The van der Waals surface area contributed by atoms with Gasteiger partial charge in [0.15, 0.2) is 0 Å². The summed E-state index contributed by atoms with van der Waals surface area (Å²) in [6, 6.07) is 11.5. The summed E-state index contributed by atoms with van der Waals surface area (Å²) in [5.74, 6) is -0.190. The van der Waals surface area contributed by atoms with E-state index in [0.29, 0.717) is 10.8 Å². The Labute approximate surface area is 166 Å². The monoisotopic (exact) mass is 418 g/mol. The number of rotatable bonds is 6. The molecule has 0 saturated carbocycles. The molecule has 3 rings (SSSR count). The number of nitrogens with zero attached hydrogens (tertiary/aromatic N) is 4. The van der Waals surface area contributed by atoms with Crippen molar-refractivity contribution in [2.24, 2.45) is 5.14 Å². The summed E-state index contributed by atoms with van der Waals surface area (Å²) in [5.41, 5.74) is 3.56. The molecule has 1 amide bonds. The van der Waals surface area contributed by atoms with Crippen LogP contribution in [0.3, 0.4) is 0 Å². The first-order valence-corrected chi connectivity index (χ1v) is 10.7. The molecule has 0 saturated heterocycles. The summed E-state index contributed by atoms with van der Waals surface area (Å²) in [5, 5.41) is 19.9. The number of hydrogen-bond donors (Lipinski definition) is 2. The molecule has 146 valence electrons. The molecule has 28 heavy (non-hydrogen) atoms. The lowest BCUT2D eigenvalue weighted by molar-refractivity contribution is -0.113. The topological polar surface area (TPSA) is 133 Å². The van der Waals surface area contributed by atoms with Crippen LogP contribution in [0.25, 0.3) is 5.69 Å². The molecule has 1 heterocycles. The fraction of sp³-hybridized carbons (Fsp3) is 0.176. The van der Waals surface area contributed by atoms with E-state index >= 15 is 0 Å². The molecule has 0 atom stereocenters. The Bertz CT molecular complexity index is 1110. The van der Waals surface area contributed by atoms with Crippen LogP contribution in [0.2, 0.25) is 0 Å². The minimum atomic E-state index is -3.77. The highest BCUT2D eigenvalue weighted by Crippen LogP contribution is 2.20. The third-order valence-electron chi connectivity index (χ3n) is 3.97. The Morgan fingerprint density at radius 1 is 1.14 bits per heavy atom. The second-order valence-electron chi connectivity index (χ2n) is 6.05. The van der Waals surface area contributed by atoms with Gasteiger partial charge in [-0.25, -0.2) is 13.6 Å². The maximum atomic E-state index is 12.2. The van der Waals surface area contributed by atoms with E-state index in [9.17, 15) is 13.2 Å². The number of carbonyl (C=O) groups excluding carboxylic acids is 1. The second-order valence-corrected chi connectivity index (χ2v) is 8.55. The molecule has 0 radical (unpaired) electrons. The number of aryl methyl sites for hydroxylation is 2. The second kappa shape index (κ2) is 8.09. The Morgan fingerprint density at radius 2 is 1.86 bits per heavy atom. The van der Waals surface area contributed by atoms with Crippen molar-refractivity contribution in [1.82, 2.24) is 20.2 Å². The first kappa shape index (κ1) is 20.0. The van der Waals surface area contributed by atoms with E-state index in [0.717, 1.165) is 11.3 Å². The van der Waals surface area contributed by atoms with Crippen LogP contribution < -0.4 is 10.5 Å². The zero-order valence-electron chi connectivity index (χ0n) is 15.2. The van der Waals surface area contributed by atoms with E-state index in [4.69, 9.17) is 5.14 Å². The van der Waals surface area contributed by atoms with Gasteiger partial charge in [-0.15, -0.1) is 5.10 Å². The number of aromatic nitrogens is 4. The minimum Gasteiger partial charge on any atom is -0.325 e. The number of anilines is 1. The van der Waals surface area contributed by atoms with Gasteiger partial charge in [-0.05, 0) is 71.8 Å². The van der Waals surface area contributed by atoms with Crippen molar-refractivity contribution in [3.8, 4) is 5.69 Å². The fourth-order valence-corrected chi connectivity index (χ4v) is 3.55. The molecule has 9 nitrogen and oxygen atoms in total. The quantitative estimate of drug-likeness (QED) is 0.582. The maximum absolute atomic E-state index is 12.2. The van der Waals surface area contributed by atoms with Gasteiger partial charge in [0.2, 0.25) is 21.1 Å². The zero-order valence-corrected chi connectivity index (χ0v) is 16.8. The van der Waals surface area contributed by atoms with Crippen molar-refractivity contribution in [2.45, 2.75) is 23.9 Å². The number of nitrogens with two attached hydrogens (primary N) is 1. The third kappa shape index (κ3) is 4.74. The molecule has 0 unspecified atom stereocenters. The van der Waals surface area contributed by atoms with Gasteiger partial charge in [-0.1, -0.05) is 17.8 Å². The van der Waals surface area contributed by atoms with Crippen molar-refractivity contribution in [3.05, 3.63) is 53.6 Å². The molecule has 1 aromatic heterocycles. The summed E-state index contributed by atoms with van der Waals surface area (Å²) >= 11 is 1.19. The Morgan fingerprint density at radius 3 is 2.50 bits per heavy atom. The highest BCUT2D eigenvalue weighted by Gasteiger charge is 2.13. The average Bonchev–Trinajstić information content (AvgIpc) is 3.10. The van der Waals surface area contributed by atoms with Gasteiger partial charge < -0.3 is 5.32 Å². The van der Waals surface area contributed by atoms with Gasteiger partial charge in [0, 0.05) is 5.69 Å². The largest absolute Gasteiger partial charge is 0.325 e. The van der Waals surface area contributed by atoms with E-state index in [1.807, 2.05) is 32.0 Å². The average molecular weight is 419 g/mol. The number of thioether (sulfide) groups is 1. The van der Waals surface area contributed by atoms with Crippen molar-refractivity contribution in [1.29, 1.82) is 0 Å². The van der Waals surface area contributed by atoms with E-state index in [1.165, 1.54) is 41.6 Å². The van der Waals surface area contributed by atoms with Crippen molar-refractivity contribution in [2.75, 3.05) is 11.1 Å². The van der Waals surface area contributed by atoms with E-state index in [1.54, 1.807) is 4.68 Å². The first-order chi connectivity index (χ1) is 13.2. The van der Waals surface area contributed by atoms with Gasteiger partial charge in [0.05, 0.1) is 16.3 Å². The highest BCUT2D eigenvalue weighted by atomic mass is 32.2. The molecule has 2 aromatic carbocycles. The van der Waals surface area contributed by atoms with Crippen molar-refractivity contribution < 1.29 is 13.2 Å². The van der Waals surface area contributed by atoms with Crippen LogP contribution in [0.4, 0.5) is 5.69 Å². The summed E-state index contributed by atoms with van der Waals surface area (Å²) in [7, 11) is -3.77. The SMILES string of the molecule is Cc1ccc(-n2nnnc2SCC(=O)Nc2ccc(S(N)(=O)=O)cc2)cc1C. The lowest BCUT2D eigenvalue weighted by atomic mass is 10.1. The van der Waals surface area contributed by atoms with Gasteiger partial charge in [0.1, 0.15) is 0 Å². The number of benzene rings is 2. The number of amides is 1. The summed E-state index contributed by atoms with van der Waals surface area (Å²) in [6.07, 6.45) is 0. The van der Waals surface area contributed by atoms with E-state index in [-0.39, 0.29) is 16.6 Å². The lowest BCUT2D eigenvalue weighted by Crippen LogP contribution is -2.15. The standard InChI is InChI=1S/C17H18N6O3S2/c1-11-3-6-14(9-12(11)2)23-17(20-21-22-23)27-10-16(24)19-13-4-7-15(8-5-13)28(18,25)26/h3-9H,10H2,1-2H3,(H,19,24)(H2,18,25,26). The normalized spacial score (nSPS) is 11.4. The number of nitrogens with one attached hydrogen (secondary N) is 1.